The minimum absolute atomic E-state index is 0.651. The highest BCUT2D eigenvalue weighted by molar-refractivity contribution is 9.10. The van der Waals surface area contributed by atoms with Crippen LogP contribution in [0.25, 0.3) is 0 Å². The van der Waals surface area contributed by atoms with Gasteiger partial charge >= 0.3 is 0 Å². The van der Waals surface area contributed by atoms with Crippen molar-refractivity contribution >= 4 is 15.9 Å². The quantitative estimate of drug-likeness (QED) is 0.865. The maximum atomic E-state index is 4.43. The van der Waals surface area contributed by atoms with Crippen LogP contribution in [0.4, 0.5) is 0 Å². The fourth-order valence-corrected chi connectivity index (χ4v) is 2.63. The third kappa shape index (κ3) is 4.05. The summed E-state index contributed by atoms with van der Waals surface area (Å²) in [6, 6.07) is 6.72. The summed E-state index contributed by atoms with van der Waals surface area (Å²) in [6.45, 7) is 6.73. The van der Waals surface area contributed by atoms with Crippen molar-refractivity contribution < 1.29 is 0 Å². The molecule has 1 fully saturated rings. The maximum Gasteiger partial charge on any atom is 0.106 e. The number of piperidine rings is 1. The number of hydrogen-bond acceptors (Lipinski definition) is 3. The van der Waals surface area contributed by atoms with E-state index in [0.717, 1.165) is 16.8 Å². The molecular formula is C13H20BrN3. The monoisotopic (exact) mass is 297 g/mol. The summed E-state index contributed by atoms with van der Waals surface area (Å²) in [5, 5.41) is 3.60. The van der Waals surface area contributed by atoms with Crippen molar-refractivity contribution in [2.45, 2.75) is 32.4 Å². The number of likely N-dealkylation sites (tertiary alicyclic amines) is 1. The Balaban J connectivity index is 1.76. The van der Waals surface area contributed by atoms with Crippen LogP contribution < -0.4 is 5.32 Å². The highest BCUT2D eigenvalue weighted by Crippen LogP contribution is 2.11. The summed E-state index contributed by atoms with van der Waals surface area (Å²) >= 11 is 3.40. The summed E-state index contributed by atoms with van der Waals surface area (Å²) in [5.41, 5.74) is 1.11. The van der Waals surface area contributed by atoms with Gasteiger partial charge in [0.1, 0.15) is 4.60 Å². The fourth-order valence-electron chi connectivity index (χ4n) is 2.25. The molecule has 3 nitrogen and oxygen atoms in total. The Hall–Kier alpha value is -0.450. The second-order valence-electron chi connectivity index (χ2n) is 4.54. The predicted molar refractivity (Wildman–Crippen MR) is 73.9 cm³/mol. The van der Waals surface area contributed by atoms with Gasteiger partial charge in [-0.25, -0.2) is 4.98 Å². The van der Waals surface area contributed by atoms with E-state index in [-0.39, 0.29) is 0 Å². The average molecular weight is 298 g/mol. The molecule has 1 aromatic heterocycles. The van der Waals surface area contributed by atoms with Gasteiger partial charge in [0.25, 0.3) is 0 Å². The van der Waals surface area contributed by atoms with Crippen molar-refractivity contribution in [3.8, 4) is 0 Å². The summed E-state index contributed by atoms with van der Waals surface area (Å²) in [7, 11) is 0. The lowest BCUT2D eigenvalue weighted by Gasteiger charge is -2.31. The van der Waals surface area contributed by atoms with Gasteiger partial charge in [0.2, 0.25) is 0 Å². The maximum absolute atomic E-state index is 4.43. The number of pyridine rings is 1. The van der Waals surface area contributed by atoms with Crippen LogP contribution in [0.3, 0.4) is 0 Å². The van der Waals surface area contributed by atoms with Crippen LogP contribution in [-0.2, 0) is 6.54 Å². The van der Waals surface area contributed by atoms with Crippen molar-refractivity contribution in [3.63, 3.8) is 0 Å². The first-order valence-electron chi connectivity index (χ1n) is 6.35. The van der Waals surface area contributed by atoms with E-state index >= 15 is 0 Å². The van der Waals surface area contributed by atoms with E-state index in [1.54, 1.807) is 0 Å². The highest BCUT2D eigenvalue weighted by Gasteiger charge is 2.17. The topological polar surface area (TPSA) is 28.2 Å². The Bertz CT molecular complexity index is 348. The molecule has 1 saturated heterocycles. The van der Waals surface area contributed by atoms with Gasteiger partial charge in [-0.3, -0.25) is 0 Å². The molecule has 0 radical (unpaired) electrons. The zero-order valence-electron chi connectivity index (χ0n) is 10.3. The van der Waals surface area contributed by atoms with Crippen LogP contribution in [0.1, 0.15) is 25.5 Å². The SMILES string of the molecule is CCN1CCC(NCc2cccc(Br)n2)CC1. The molecule has 2 rings (SSSR count). The minimum atomic E-state index is 0.651. The van der Waals surface area contributed by atoms with Gasteiger partial charge in [-0.1, -0.05) is 13.0 Å². The van der Waals surface area contributed by atoms with Crippen LogP contribution in [0.5, 0.6) is 0 Å². The first kappa shape index (κ1) is 13.0. The molecule has 1 aliphatic rings. The van der Waals surface area contributed by atoms with Crippen molar-refractivity contribution in [2.75, 3.05) is 19.6 Å². The van der Waals surface area contributed by atoms with E-state index in [1.807, 2.05) is 12.1 Å². The van der Waals surface area contributed by atoms with Crippen LogP contribution in [-0.4, -0.2) is 35.6 Å². The van der Waals surface area contributed by atoms with Crippen molar-refractivity contribution in [1.29, 1.82) is 0 Å². The molecule has 1 aliphatic heterocycles. The molecule has 1 aromatic rings. The molecule has 2 heterocycles. The van der Waals surface area contributed by atoms with Gasteiger partial charge in [-0.05, 0) is 60.5 Å². The van der Waals surface area contributed by atoms with Gasteiger partial charge in [0.05, 0.1) is 5.69 Å². The molecule has 0 spiro atoms. The van der Waals surface area contributed by atoms with Gasteiger partial charge in [-0.2, -0.15) is 0 Å². The summed E-state index contributed by atoms with van der Waals surface area (Å²) in [6.07, 6.45) is 2.50. The number of aromatic nitrogens is 1. The van der Waals surface area contributed by atoms with E-state index in [2.05, 4.69) is 44.1 Å². The third-order valence-corrected chi connectivity index (χ3v) is 3.82. The third-order valence-electron chi connectivity index (χ3n) is 3.38. The van der Waals surface area contributed by atoms with E-state index < -0.39 is 0 Å². The molecule has 0 aliphatic carbocycles. The number of halogens is 1. The second-order valence-corrected chi connectivity index (χ2v) is 5.35. The smallest absolute Gasteiger partial charge is 0.106 e. The van der Waals surface area contributed by atoms with Crippen LogP contribution in [0.15, 0.2) is 22.8 Å². The largest absolute Gasteiger partial charge is 0.308 e. The Kier molecular flexibility index (Phi) is 4.95. The minimum Gasteiger partial charge on any atom is -0.308 e. The Morgan fingerprint density at radius 3 is 2.82 bits per heavy atom. The molecule has 0 amide bonds. The lowest BCUT2D eigenvalue weighted by molar-refractivity contribution is 0.205. The van der Waals surface area contributed by atoms with Crippen molar-refractivity contribution in [2.24, 2.45) is 0 Å². The molecule has 17 heavy (non-hydrogen) atoms. The normalized spacial score (nSPS) is 18.5. The first-order chi connectivity index (χ1) is 8.28. The van der Waals surface area contributed by atoms with Gasteiger partial charge < -0.3 is 10.2 Å². The van der Waals surface area contributed by atoms with E-state index in [1.165, 1.54) is 32.5 Å². The number of nitrogens with one attached hydrogen (secondary N) is 1. The summed E-state index contributed by atoms with van der Waals surface area (Å²) in [4.78, 5) is 6.94. The van der Waals surface area contributed by atoms with Gasteiger partial charge in [0, 0.05) is 12.6 Å². The van der Waals surface area contributed by atoms with Crippen LogP contribution in [0, 0.1) is 0 Å². The molecule has 4 heteroatoms. The van der Waals surface area contributed by atoms with Crippen LogP contribution >= 0.6 is 15.9 Å². The van der Waals surface area contributed by atoms with Crippen LogP contribution in [0.2, 0.25) is 0 Å². The van der Waals surface area contributed by atoms with Gasteiger partial charge in [-0.15, -0.1) is 0 Å². The zero-order valence-corrected chi connectivity index (χ0v) is 11.9. The van der Waals surface area contributed by atoms with Gasteiger partial charge in [0.15, 0.2) is 0 Å². The number of rotatable bonds is 4. The molecule has 0 aromatic carbocycles. The zero-order chi connectivity index (χ0) is 12.1. The lowest BCUT2D eigenvalue weighted by Crippen LogP contribution is -2.42. The number of nitrogens with zero attached hydrogens (tertiary/aromatic N) is 2. The molecule has 0 saturated carbocycles. The Labute approximate surface area is 112 Å². The number of hydrogen-bond donors (Lipinski definition) is 1. The van der Waals surface area contributed by atoms with Crippen molar-refractivity contribution in [1.82, 2.24) is 15.2 Å². The summed E-state index contributed by atoms with van der Waals surface area (Å²) in [5.74, 6) is 0. The van der Waals surface area contributed by atoms with E-state index in [4.69, 9.17) is 0 Å². The standard InChI is InChI=1S/C13H20BrN3/c1-2-17-8-6-11(7-9-17)15-10-12-4-3-5-13(14)16-12/h3-5,11,15H,2,6-10H2,1H3. The molecule has 1 N–H and O–H groups in total. The summed E-state index contributed by atoms with van der Waals surface area (Å²) < 4.78 is 0.914. The average Bonchev–Trinajstić information content (AvgIpc) is 2.37. The molecule has 0 unspecified atom stereocenters. The molecule has 0 atom stereocenters. The van der Waals surface area contributed by atoms with Crippen molar-refractivity contribution in [3.05, 3.63) is 28.5 Å². The molecule has 0 bridgehead atoms. The Morgan fingerprint density at radius 2 is 2.18 bits per heavy atom. The van der Waals surface area contributed by atoms with E-state index in [0.29, 0.717) is 6.04 Å². The second kappa shape index (κ2) is 6.47. The fraction of sp³-hybridized carbons (Fsp3) is 0.615. The lowest BCUT2D eigenvalue weighted by atomic mass is 10.1. The highest BCUT2D eigenvalue weighted by atomic mass is 79.9. The molecule has 94 valence electrons. The van der Waals surface area contributed by atoms with E-state index in [9.17, 15) is 0 Å². The predicted octanol–water partition coefficient (Wildman–Crippen LogP) is 2.42. The molecular weight excluding hydrogens is 278 g/mol. The Morgan fingerprint density at radius 1 is 1.41 bits per heavy atom. The first-order valence-corrected chi connectivity index (χ1v) is 7.14.